The minimum atomic E-state index is -4.93. The van der Waals surface area contributed by atoms with Gasteiger partial charge in [0.25, 0.3) is 5.91 Å². The van der Waals surface area contributed by atoms with Gasteiger partial charge in [-0.05, 0) is 24.3 Å². The lowest BCUT2D eigenvalue weighted by Crippen LogP contribution is -2.21. The van der Waals surface area contributed by atoms with Crippen molar-refractivity contribution in [2.24, 2.45) is 0 Å². The minimum absolute atomic E-state index is 0.00735. The van der Waals surface area contributed by atoms with Crippen LogP contribution in [0.15, 0.2) is 55.1 Å². The fourth-order valence-corrected chi connectivity index (χ4v) is 4.04. The number of alkyl halides is 3. The van der Waals surface area contributed by atoms with Crippen LogP contribution in [-0.2, 0) is 12.8 Å². The number of aromatic nitrogens is 7. The lowest BCUT2D eigenvalue weighted by atomic mass is 10.1. The van der Waals surface area contributed by atoms with E-state index in [0.717, 1.165) is 11.0 Å². The van der Waals surface area contributed by atoms with Gasteiger partial charge < -0.3 is 15.2 Å². The molecule has 5 rings (SSSR count). The van der Waals surface area contributed by atoms with Crippen molar-refractivity contribution in [1.82, 2.24) is 34.7 Å². The van der Waals surface area contributed by atoms with Crippen molar-refractivity contribution < 1.29 is 27.8 Å². The molecule has 0 unspecified atom stereocenters. The van der Waals surface area contributed by atoms with E-state index in [-0.39, 0.29) is 40.4 Å². The minimum Gasteiger partial charge on any atom is -0.481 e. The molecule has 0 bridgehead atoms. The third kappa shape index (κ3) is 4.50. The monoisotopic (exact) mass is 544 g/mol. The second kappa shape index (κ2) is 9.72. The van der Waals surface area contributed by atoms with Crippen molar-refractivity contribution in [2.45, 2.75) is 12.8 Å². The summed E-state index contributed by atoms with van der Waals surface area (Å²) >= 11 is 6.23. The van der Waals surface area contributed by atoms with Gasteiger partial charge in [-0.1, -0.05) is 17.7 Å². The van der Waals surface area contributed by atoms with E-state index in [1.807, 2.05) is 0 Å². The number of benzene rings is 1. The summed E-state index contributed by atoms with van der Waals surface area (Å²) in [4.78, 5) is 22.2. The zero-order valence-corrected chi connectivity index (χ0v) is 20.1. The van der Waals surface area contributed by atoms with Gasteiger partial charge in [-0.2, -0.15) is 23.4 Å². The summed E-state index contributed by atoms with van der Waals surface area (Å²) < 4.78 is 48.7. The molecule has 5 aromatic rings. The predicted molar refractivity (Wildman–Crippen MR) is 128 cm³/mol. The van der Waals surface area contributed by atoms with Crippen LogP contribution in [0.5, 0.6) is 5.88 Å². The number of aliphatic hydroxyl groups is 1. The number of aliphatic hydroxyl groups excluding tert-OH is 1. The highest BCUT2D eigenvalue weighted by Crippen LogP contribution is 2.36. The van der Waals surface area contributed by atoms with E-state index >= 15 is 0 Å². The molecule has 38 heavy (non-hydrogen) atoms. The van der Waals surface area contributed by atoms with Crippen molar-refractivity contribution in [3.63, 3.8) is 0 Å². The maximum Gasteiger partial charge on any atom is 0.434 e. The summed E-state index contributed by atoms with van der Waals surface area (Å²) in [6.07, 6.45) is -0.199. The summed E-state index contributed by atoms with van der Waals surface area (Å²) in [6.45, 7) is -0.343. The standard InChI is InChI=1S/C23H16ClF3N8O3/c1-38-22-15-3-2-4-18(14(15)5-6-28-22)34-19(23(25,26)27)16(10-30-34)21(37)32-12-7-17(24)20(29-8-12)35-31-9-13(11-36)33-35/h2-10,36H,11H2,1H3,(H,32,37). The molecule has 0 atom stereocenters. The van der Waals surface area contributed by atoms with E-state index in [0.29, 0.717) is 15.5 Å². The number of carbonyl (C=O) groups excluding carboxylic acids is 1. The molecule has 2 N–H and O–H groups in total. The number of pyridine rings is 2. The van der Waals surface area contributed by atoms with Crippen LogP contribution in [0, 0.1) is 0 Å². The van der Waals surface area contributed by atoms with Gasteiger partial charge in [0.05, 0.1) is 54.3 Å². The Bertz CT molecular complexity index is 1670. The number of ether oxygens (including phenoxy) is 1. The number of hydrogen-bond acceptors (Lipinski definition) is 8. The van der Waals surface area contributed by atoms with Crippen LogP contribution >= 0.6 is 11.6 Å². The molecule has 4 heterocycles. The number of halogens is 4. The molecular weight excluding hydrogens is 529 g/mol. The molecule has 194 valence electrons. The van der Waals surface area contributed by atoms with Crippen molar-refractivity contribution >= 4 is 34.0 Å². The number of fused-ring (bicyclic) bond motifs is 1. The van der Waals surface area contributed by atoms with Crippen molar-refractivity contribution in [1.29, 1.82) is 0 Å². The summed E-state index contributed by atoms with van der Waals surface area (Å²) in [5.41, 5.74) is -1.60. The van der Waals surface area contributed by atoms with E-state index in [9.17, 15) is 18.0 Å². The van der Waals surface area contributed by atoms with Gasteiger partial charge in [0.15, 0.2) is 11.5 Å². The first-order chi connectivity index (χ1) is 18.2. The third-order valence-electron chi connectivity index (χ3n) is 5.42. The summed E-state index contributed by atoms with van der Waals surface area (Å²) in [5, 5.41) is 24.2. The van der Waals surface area contributed by atoms with Crippen LogP contribution in [0.25, 0.3) is 22.3 Å². The lowest BCUT2D eigenvalue weighted by molar-refractivity contribution is -0.143. The Kier molecular flexibility index (Phi) is 6.42. The van der Waals surface area contributed by atoms with E-state index in [4.69, 9.17) is 21.4 Å². The summed E-state index contributed by atoms with van der Waals surface area (Å²) in [7, 11) is 1.40. The van der Waals surface area contributed by atoms with Gasteiger partial charge in [-0.25, -0.2) is 14.6 Å². The first-order valence-electron chi connectivity index (χ1n) is 10.8. The average molecular weight is 545 g/mol. The first-order valence-corrected chi connectivity index (χ1v) is 11.2. The largest absolute Gasteiger partial charge is 0.481 e. The Morgan fingerprint density at radius 3 is 2.63 bits per heavy atom. The van der Waals surface area contributed by atoms with Crippen molar-refractivity contribution in [3.05, 3.63) is 77.1 Å². The molecule has 0 aliphatic heterocycles. The number of anilines is 1. The molecule has 15 heteroatoms. The molecular formula is C23H16ClF3N8O3. The fourth-order valence-electron chi connectivity index (χ4n) is 3.79. The maximum absolute atomic E-state index is 14.3. The van der Waals surface area contributed by atoms with E-state index in [1.54, 1.807) is 6.07 Å². The van der Waals surface area contributed by atoms with E-state index in [2.05, 4.69) is 30.6 Å². The second-order valence-corrected chi connectivity index (χ2v) is 8.18. The lowest BCUT2D eigenvalue weighted by Gasteiger charge is -2.15. The second-order valence-electron chi connectivity index (χ2n) is 7.78. The average Bonchev–Trinajstić information content (AvgIpc) is 3.56. The molecule has 11 nitrogen and oxygen atoms in total. The smallest absolute Gasteiger partial charge is 0.434 e. The number of carbonyl (C=O) groups is 1. The fraction of sp³-hybridized carbons (Fsp3) is 0.130. The van der Waals surface area contributed by atoms with Gasteiger partial charge in [0, 0.05) is 17.0 Å². The van der Waals surface area contributed by atoms with Gasteiger partial charge in [0.1, 0.15) is 5.69 Å². The molecule has 1 amide bonds. The Morgan fingerprint density at radius 2 is 1.95 bits per heavy atom. The zero-order chi connectivity index (χ0) is 27.0. The van der Waals surface area contributed by atoms with Gasteiger partial charge in [-0.15, -0.1) is 9.90 Å². The topological polar surface area (TPSA) is 133 Å². The number of rotatable bonds is 6. The molecule has 0 saturated carbocycles. The van der Waals surface area contributed by atoms with Crippen molar-refractivity contribution in [3.8, 4) is 17.4 Å². The van der Waals surface area contributed by atoms with Crippen LogP contribution in [0.3, 0.4) is 0 Å². The van der Waals surface area contributed by atoms with Gasteiger partial charge in [-0.3, -0.25) is 4.79 Å². The number of amides is 1. The van der Waals surface area contributed by atoms with Crippen molar-refractivity contribution in [2.75, 3.05) is 12.4 Å². The van der Waals surface area contributed by atoms with E-state index in [1.165, 1.54) is 50.0 Å². The zero-order valence-electron chi connectivity index (χ0n) is 19.3. The SMILES string of the molecule is COc1nccc2c(-n3ncc(C(=O)Nc4cnc(-n5ncc(CO)n5)c(Cl)c4)c3C(F)(F)F)cccc12. The molecule has 1 aromatic carbocycles. The highest BCUT2D eigenvalue weighted by atomic mass is 35.5. The predicted octanol–water partition coefficient (Wildman–Crippen LogP) is 3.82. The molecule has 0 aliphatic carbocycles. The number of methoxy groups -OCH3 is 1. The molecule has 0 radical (unpaired) electrons. The molecule has 0 aliphatic rings. The van der Waals surface area contributed by atoms with Crippen LogP contribution in [0.4, 0.5) is 18.9 Å². The van der Waals surface area contributed by atoms with Crippen LogP contribution in [0.1, 0.15) is 21.7 Å². The molecule has 0 spiro atoms. The Morgan fingerprint density at radius 1 is 1.13 bits per heavy atom. The quantitative estimate of drug-likeness (QED) is 0.330. The Hall–Kier alpha value is -4.56. The number of hydrogen-bond donors (Lipinski definition) is 2. The third-order valence-corrected chi connectivity index (χ3v) is 5.70. The normalized spacial score (nSPS) is 11.6. The number of nitrogens with one attached hydrogen (secondary N) is 1. The van der Waals surface area contributed by atoms with Gasteiger partial charge >= 0.3 is 6.18 Å². The highest BCUT2D eigenvalue weighted by molar-refractivity contribution is 6.32. The van der Waals surface area contributed by atoms with Crippen LogP contribution < -0.4 is 10.1 Å². The maximum atomic E-state index is 14.3. The van der Waals surface area contributed by atoms with Crippen LogP contribution in [0.2, 0.25) is 5.02 Å². The molecule has 4 aromatic heterocycles. The summed E-state index contributed by atoms with van der Waals surface area (Å²) in [5.74, 6) is -0.753. The van der Waals surface area contributed by atoms with Gasteiger partial charge in [0.2, 0.25) is 5.88 Å². The highest BCUT2D eigenvalue weighted by Gasteiger charge is 2.41. The molecule has 0 saturated heterocycles. The Labute approximate surface area is 216 Å². The number of nitrogens with zero attached hydrogens (tertiary/aromatic N) is 7. The first kappa shape index (κ1) is 25.1. The van der Waals surface area contributed by atoms with Crippen LogP contribution in [-0.4, -0.2) is 52.9 Å². The summed E-state index contributed by atoms with van der Waals surface area (Å²) in [6, 6.07) is 7.45. The molecule has 0 fully saturated rings. The Balaban J connectivity index is 1.51. The van der Waals surface area contributed by atoms with E-state index < -0.39 is 23.3 Å².